The van der Waals surface area contributed by atoms with E-state index in [1.165, 1.54) is 0 Å². The molecule has 0 saturated carbocycles. The van der Waals surface area contributed by atoms with Gasteiger partial charge in [-0.1, -0.05) is 0 Å². The minimum absolute atomic E-state index is 0.0860. The highest BCUT2D eigenvalue weighted by atomic mass is 19.3. The maximum absolute atomic E-state index is 11.0. The number of hydrogen-bond acceptors (Lipinski definition) is 2. The van der Waals surface area contributed by atoms with Crippen LogP contribution in [0.2, 0.25) is 0 Å². The van der Waals surface area contributed by atoms with Crippen molar-refractivity contribution >= 4 is 0 Å². The van der Waals surface area contributed by atoms with Crippen molar-refractivity contribution in [1.82, 2.24) is 0 Å². The lowest BCUT2D eigenvalue weighted by atomic mass is 10.8. The summed E-state index contributed by atoms with van der Waals surface area (Å²) in [6.45, 7) is -0.332. The highest BCUT2D eigenvalue weighted by molar-refractivity contribution is 4.69. The molecule has 0 bridgehead atoms. The van der Waals surface area contributed by atoms with Gasteiger partial charge in [-0.05, 0) is 0 Å². The smallest absolute Gasteiger partial charge is 0.304 e. The third kappa shape index (κ3) is 5.36. The second-order valence-electron chi connectivity index (χ2n) is 1.00. The van der Waals surface area contributed by atoms with Gasteiger partial charge in [0.25, 0.3) is 0 Å². The van der Waals surface area contributed by atoms with Crippen LogP contribution < -0.4 is 0 Å². The number of aliphatic hydroxyl groups excluding tert-OH is 1. The van der Waals surface area contributed by atoms with E-state index in [2.05, 4.69) is 4.74 Å². The van der Waals surface area contributed by atoms with Crippen LogP contribution >= 0.6 is 0 Å². The van der Waals surface area contributed by atoms with Gasteiger partial charge < -0.3 is 9.84 Å². The van der Waals surface area contributed by atoms with Crippen molar-refractivity contribution in [2.24, 2.45) is 0 Å². The van der Waals surface area contributed by atoms with E-state index in [4.69, 9.17) is 5.11 Å². The summed E-state index contributed by atoms with van der Waals surface area (Å²) in [7, 11) is 0. The van der Waals surface area contributed by atoms with Crippen molar-refractivity contribution < 1.29 is 18.6 Å². The molecule has 0 atom stereocenters. The monoisotopic (exact) mass is 124 g/mol. The predicted octanol–water partition coefficient (Wildman–Crippen LogP) is 0.733. The molecular formula is C4H6F2O2. The van der Waals surface area contributed by atoms with Crippen molar-refractivity contribution in [1.29, 1.82) is 0 Å². The molecule has 0 aliphatic heterocycles. The molecule has 0 aliphatic rings. The van der Waals surface area contributed by atoms with E-state index in [1.54, 1.807) is 0 Å². The Hall–Kier alpha value is -0.640. The maximum atomic E-state index is 11.0. The largest absolute Gasteiger partial charge is 0.493 e. The Morgan fingerprint density at radius 1 is 1.62 bits per heavy atom. The molecule has 0 heterocycles. The van der Waals surface area contributed by atoms with Gasteiger partial charge in [0, 0.05) is 0 Å². The van der Waals surface area contributed by atoms with Gasteiger partial charge in [0.1, 0.15) is 12.9 Å². The highest BCUT2D eigenvalue weighted by Crippen LogP contribution is 1.95. The van der Waals surface area contributed by atoms with Crippen molar-refractivity contribution in [3.05, 3.63) is 12.3 Å². The molecule has 0 rings (SSSR count). The average Bonchev–Trinajstić information content (AvgIpc) is 1.66. The lowest BCUT2D eigenvalue weighted by Gasteiger charge is -1.91. The Kier molecular flexibility index (Phi) is 4.16. The maximum Gasteiger partial charge on any atom is 0.304 e. The third-order valence-corrected chi connectivity index (χ3v) is 0.382. The van der Waals surface area contributed by atoms with Gasteiger partial charge >= 0.3 is 6.08 Å². The summed E-state index contributed by atoms with van der Waals surface area (Å²) >= 11 is 0. The lowest BCUT2D eigenvalue weighted by Crippen LogP contribution is -1.92. The van der Waals surface area contributed by atoms with Gasteiger partial charge in [-0.25, -0.2) is 0 Å². The van der Waals surface area contributed by atoms with Crippen molar-refractivity contribution in [2.45, 2.75) is 0 Å². The quantitative estimate of drug-likeness (QED) is 0.444. The molecule has 0 spiro atoms. The first-order chi connectivity index (χ1) is 3.77. The summed E-state index contributed by atoms with van der Waals surface area (Å²) in [6, 6.07) is 0. The van der Waals surface area contributed by atoms with Crippen LogP contribution in [0.1, 0.15) is 0 Å². The number of ether oxygens (including phenoxy) is 1. The van der Waals surface area contributed by atoms with Crippen molar-refractivity contribution in [3.8, 4) is 0 Å². The number of hydrogen-bond donors (Lipinski definition) is 1. The number of rotatable bonds is 3. The molecule has 0 amide bonds. The van der Waals surface area contributed by atoms with Gasteiger partial charge in [-0.2, -0.15) is 8.78 Å². The van der Waals surface area contributed by atoms with Crippen LogP contribution in [-0.2, 0) is 4.74 Å². The fourth-order valence-electron chi connectivity index (χ4n) is 0.175. The van der Waals surface area contributed by atoms with Crippen LogP contribution in [0, 0.1) is 0 Å². The molecule has 0 aromatic heterocycles. The van der Waals surface area contributed by atoms with Crippen LogP contribution in [0.25, 0.3) is 0 Å². The highest BCUT2D eigenvalue weighted by Gasteiger charge is 1.84. The molecular weight excluding hydrogens is 118 g/mol. The molecule has 4 heteroatoms. The Balaban J connectivity index is 3.03. The molecule has 0 aromatic rings. The van der Waals surface area contributed by atoms with E-state index in [9.17, 15) is 8.78 Å². The van der Waals surface area contributed by atoms with Gasteiger partial charge in [0.15, 0.2) is 0 Å². The van der Waals surface area contributed by atoms with Crippen molar-refractivity contribution in [2.75, 3.05) is 13.2 Å². The first kappa shape index (κ1) is 7.36. The predicted molar refractivity (Wildman–Crippen MR) is 23.3 cm³/mol. The van der Waals surface area contributed by atoms with Gasteiger partial charge in [-0.15, -0.1) is 0 Å². The molecule has 0 fully saturated rings. The van der Waals surface area contributed by atoms with E-state index in [-0.39, 0.29) is 13.2 Å². The van der Waals surface area contributed by atoms with Gasteiger partial charge in [0.05, 0.1) is 6.61 Å². The van der Waals surface area contributed by atoms with Crippen molar-refractivity contribution in [3.63, 3.8) is 0 Å². The molecule has 0 aromatic carbocycles. The Bertz CT molecular complexity index is 78.1. The molecule has 2 nitrogen and oxygen atoms in total. The zero-order chi connectivity index (χ0) is 6.41. The molecule has 0 unspecified atom stereocenters. The van der Waals surface area contributed by atoms with E-state index in [0.29, 0.717) is 6.26 Å². The topological polar surface area (TPSA) is 29.5 Å². The Labute approximate surface area is 45.4 Å². The zero-order valence-corrected chi connectivity index (χ0v) is 4.10. The van der Waals surface area contributed by atoms with Crippen LogP contribution in [0.5, 0.6) is 0 Å². The summed E-state index contributed by atoms with van der Waals surface area (Å²) in [6.07, 6.45) is -1.59. The van der Waals surface area contributed by atoms with Gasteiger partial charge in [-0.3, -0.25) is 0 Å². The van der Waals surface area contributed by atoms with E-state index >= 15 is 0 Å². The minimum Gasteiger partial charge on any atom is -0.493 e. The zero-order valence-electron chi connectivity index (χ0n) is 4.10. The second-order valence-corrected chi connectivity index (χ2v) is 1.00. The molecule has 0 radical (unpaired) electrons. The summed E-state index contributed by atoms with van der Waals surface area (Å²) in [5.41, 5.74) is 0. The fourth-order valence-corrected chi connectivity index (χ4v) is 0.175. The number of aliphatic hydroxyl groups is 1. The summed E-state index contributed by atoms with van der Waals surface area (Å²) < 4.78 is 26.1. The standard InChI is InChI=1S/C4H6F2O2/c5-4(6)3-8-2-1-7/h3,7H,1-2H2. The molecule has 48 valence electrons. The summed E-state index contributed by atoms with van der Waals surface area (Å²) in [5, 5.41) is 7.98. The van der Waals surface area contributed by atoms with Crippen LogP contribution in [0.15, 0.2) is 12.3 Å². The normalized spacial score (nSPS) is 8.38. The Morgan fingerprint density at radius 3 is 2.62 bits per heavy atom. The first-order valence-electron chi connectivity index (χ1n) is 2.01. The average molecular weight is 124 g/mol. The Morgan fingerprint density at radius 2 is 2.25 bits per heavy atom. The lowest BCUT2D eigenvalue weighted by molar-refractivity contribution is 0.156. The first-order valence-corrected chi connectivity index (χ1v) is 2.01. The molecule has 8 heavy (non-hydrogen) atoms. The van der Waals surface area contributed by atoms with Crippen LogP contribution in [0.3, 0.4) is 0 Å². The summed E-state index contributed by atoms with van der Waals surface area (Å²) in [4.78, 5) is 0. The van der Waals surface area contributed by atoms with Crippen LogP contribution in [0.4, 0.5) is 8.78 Å². The second kappa shape index (κ2) is 4.52. The molecule has 1 N–H and O–H groups in total. The van der Waals surface area contributed by atoms with Gasteiger partial charge in [0.2, 0.25) is 0 Å². The van der Waals surface area contributed by atoms with Crippen LogP contribution in [-0.4, -0.2) is 18.3 Å². The summed E-state index contributed by atoms with van der Waals surface area (Å²) in [5.74, 6) is 0. The van der Waals surface area contributed by atoms with E-state index in [0.717, 1.165) is 0 Å². The fraction of sp³-hybridized carbons (Fsp3) is 0.500. The number of halogens is 2. The minimum atomic E-state index is -1.89. The van der Waals surface area contributed by atoms with E-state index < -0.39 is 6.08 Å². The molecule has 0 aliphatic carbocycles. The van der Waals surface area contributed by atoms with E-state index in [1.807, 2.05) is 0 Å². The third-order valence-electron chi connectivity index (χ3n) is 0.382. The SMILES string of the molecule is OCCOC=C(F)F. The molecule has 0 saturated heterocycles.